The summed E-state index contributed by atoms with van der Waals surface area (Å²) >= 11 is 0. The largest absolute Gasteiger partial charge is 0.455 e. The molecule has 0 N–H and O–H groups in total. The monoisotopic (exact) mass is 761 g/mol. The molecular weight excluding hydrogens is 719 g/mol. The zero-order valence-corrected chi connectivity index (χ0v) is 32.9. The molecule has 2 atom stereocenters. The van der Waals surface area contributed by atoms with Gasteiger partial charge in [0.1, 0.15) is 11.2 Å². The quantitative estimate of drug-likeness (QED) is 0.162. The van der Waals surface area contributed by atoms with E-state index in [0.29, 0.717) is 17.5 Å². The molecular formula is C55H43N3O. The molecule has 284 valence electrons. The highest BCUT2D eigenvalue weighted by Crippen LogP contribution is 2.66. The van der Waals surface area contributed by atoms with Crippen molar-refractivity contribution in [2.75, 3.05) is 0 Å². The van der Waals surface area contributed by atoms with Crippen LogP contribution in [0.25, 0.3) is 78.4 Å². The summed E-state index contributed by atoms with van der Waals surface area (Å²) in [4.78, 5) is 14.9. The summed E-state index contributed by atoms with van der Waals surface area (Å²) in [6.07, 6.45) is 7.84. The average Bonchev–Trinajstić information content (AvgIpc) is 3.68. The van der Waals surface area contributed by atoms with Crippen molar-refractivity contribution in [2.24, 2.45) is 11.8 Å². The highest BCUT2D eigenvalue weighted by Gasteiger charge is 2.58. The maximum atomic E-state index is 6.42. The summed E-state index contributed by atoms with van der Waals surface area (Å²) in [5.41, 5.74) is 13.1. The minimum atomic E-state index is 0.218. The first-order chi connectivity index (χ1) is 29.1. The van der Waals surface area contributed by atoms with E-state index in [1.54, 1.807) is 0 Å². The molecule has 4 fully saturated rings. The summed E-state index contributed by atoms with van der Waals surface area (Å²) < 4.78 is 6.42. The molecule has 2 heterocycles. The fraction of sp³-hybridized carbons (Fsp3) is 0.182. The molecule has 0 radical (unpaired) electrons. The number of fused-ring (bicyclic) bond motifs is 3. The van der Waals surface area contributed by atoms with Crippen LogP contribution in [0.15, 0.2) is 180 Å². The number of benzene rings is 7. The van der Waals surface area contributed by atoms with Crippen molar-refractivity contribution >= 4 is 21.9 Å². The van der Waals surface area contributed by atoms with Crippen LogP contribution in [0.4, 0.5) is 0 Å². The van der Waals surface area contributed by atoms with E-state index in [9.17, 15) is 0 Å². The first kappa shape index (κ1) is 34.4. The molecule has 4 saturated carbocycles. The highest BCUT2D eigenvalue weighted by atomic mass is 16.3. The van der Waals surface area contributed by atoms with Crippen LogP contribution >= 0.6 is 0 Å². The fourth-order valence-electron chi connectivity index (χ4n) is 11.7. The zero-order chi connectivity index (χ0) is 39.0. The Bertz CT molecular complexity index is 2930. The first-order valence-electron chi connectivity index (χ1n) is 21.2. The topological polar surface area (TPSA) is 51.8 Å². The van der Waals surface area contributed by atoms with E-state index in [1.165, 1.54) is 77.1 Å². The van der Waals surface area contributed by atoms with Gasteiger partial charge in [0.2, 0.25) is 0 Å². The van der Waals surface area contributed by atoms with Crippen LogP contribution in [0.1, 0.15) is 49.7 Å². The van der Waals surface area contributed by atoms with Gasteiger partial charge in [-0.05, 0) is 101 Å². The molecule has 59 heavy (non-hydrogen) atoms. The van der Waals surface area contributed by atoms with E-state index in [4.69, 9.17) is 19.4 Å². The van der Waals surface area contributed by atoms with Gasteiger partial charge in [0.15, 0.2) is 17.5 Å². The van der Waals surface area contributed by atoms with Crippen LogP contribution in [-0.4, -0.2) is 15.0 Å². The third-order valence-electron chi connectivity index (χ3n) is 13.9. The predicted octanol–water partition coefficient (Wildman–Crippen LogP) is 13.9. The Labute approximate surface area is 344 Å². The molecule has 0 aliphatic heterocycles. The molecule has 2 aromatic heterocycles. The van der Waals surface area contributed by atoms with Crippen molar-refractivity contribution in [3.8, 4) is 56.4 Å². The van der Waals surface area contributed by atoms with Crippen LogP contribution in [-0.2, 0) is 10.8 Å². The fourth-order valence-corrected chi connectivity index (χ4v) is 11.7. The summed E-state index contributed by atoms with van der Waals surface area (Å²) in [6, 6.07) is 63.1. The van der Waals surface area contributed by atoms with Crippen molar-refractivity contribution in [3.05, 3.63) is 187 Å². The molecule has 4 nitrogen and oxygen atoms in total. The highest BCUT2D eigenvalue weighted by molar-refractivity contribution is 6.09. The smallest absolute Gasteiger partial charge is 0.164 e. The van der Waals surface area contributed by atoms with Gasteiger partial charge in [0.25, 0.3) is 0 Å². The second-order valence-corrected chi connectivity index (χ2v) is 17.6. The molecule has 13 rings (SSSR count). The van der Waals surface area contributed by atoms with Gasteiger partial charge >= 0.3 is 0 Å². The minimum absolute atomic E-state index is 0.218. The SMILES string of the molecule is c1ccc(-c2nc(-c3ccccc3)nc(-c3cccc(-c4ccc(C56CC7CC(C5)CC(c5ccc(-c8cccc9c8oc8ccccc89)cc5)(C7)C6)cc4)c3)n2)cc1. The van der Waals surface area contributed by atoms with Gasteiger partial charge < -0.3 is 4.42 Å². The maximum Gasteiger partial charge on any atom is 0.164 e. The normalized spacial score (nSPS) is 22.0. The lowest BCUT2D eigenvalue weighted by molar-refractivity contribution is -0.0281. The second kappa shape index (κ2) is 13.5. The standard InChI is InChI=1S/C55H43N3O/c1-3-11-40(12-4-1)51-56-52(41-13-5-2-6-14-41)58-53(57-51)43-16-9-15-42(30-43)38-21-25-44(26-22-38)54-31-36-29-37(32-54)34-55(33-36,35-54)45-27-23-39(24-28-45)46-18-10-19-48-47-17-7-8-20-49(47)59-50(46)48/h1-28,30,36-37H,29,31-35H2. The Hall–Kier alpha value is -6.65. The lowest BCUT2D eigenvalue weighted by Crippen LogP contribution is -2.55. The number of para-hydroxylation sites is 2. The molecule has 4 aliphatic rings. The van der Waals surface area contributed by atoms with E-state index in [-0.39, 0.29) is 10.8 Å². The Balaban J connectivity index is 0.845. The third kappa shape index (κ3) is 5.84. The maximum absolute atomic E-state index is 6.42. The molecule has 7 aromatic carbocycles. The van der Waals surface area contributed by atoms with Gasteiger partial charge in [-0.15, -0.1) is 0 Å². The van der Waals surface area contributed by atoms with Gasteiger partial charge in [-0.1, -0.05) is 164 Å². The Morgan fingerprint density at radius 2 is 0.898 bits per heavy atom. The summed E-state index contributed by atoms with van der Waals surface area (Å²) in [5, 5.41) is 2.36. The summed E-state index contributed by atoms with van der Waals surface area (Å²) in [5.74, 6) is 3.58. The van der Waals surface area contributed by atoms with Crippen LogP contribution in [0.3, 0.4) is 0 Å². The number of nitrogens with zero attached hydrogens (tertiary/aromatic N) is 3. The van der Waals surface area contributed by atoms with Gasteiger partial charge in [0, 0.05) is 33.0 Å². The third-order valence-corrected chi connectivity index (χ3v) is 13.9. The number of furan rings is 1. The lowest BCUT2D eigenvalue weighted by atomic mass is 9.41. The number of hydrogen-bond acceptors (Lipinski definition) is 4. The Morgan fingerprint density at radius 3 is 1.53 bits per heavy atom. The Morgan fingerprint density at radius 1 is 0.407 bits per heavy atom. The molecule has 0 saturated heterocycles. The van der Waals surface area contributed by atoms with Crippen molar-refractivity contribution in [1.29, 1.82) is 0 Å². The molecule has 4 bridgehead atoms. The van der Waals surface area contributed by atoms with Crippen molar-refractivity contribution < 1.29 is 4.42 Å². The molecule has 0 spiro atoms. The minimum Gasteiger partial charge on any atom is -0.455 e. The van der Waals surface area contributed by atoms with Crippen LogP contribution in [0, 0.1) is 11.8 Å². The van der Waals surface area contributed by atoms with Crippen molar-refractivity contribution in [1.82, 2.24) is 15.0 Å². The van der Waals surface area contributed by atoms with E-state index in [2.05, 4.69) is 133 Å². The molecule has 9 aromatic rings. The van der Waals surface area contributed by atoms with Gasteiger partial charge in [-0.2, -0.15) is 0 Å². The molecule has 0 amide bonds. The average molecular weight is 762 g/mol. The molecule has 4 aliphatic carbocycles. The first-order valence-corrected chi connectivity index (χ1v) is 21.2. The summed E-state index contributed by atoms with van der Waals surface area (Å²) in [6.45, 7) is 0. The molecule has 4 heteroatoms. The van der Waals surface area contributed by atoms with E-state index >= 15 is 0 Å². The van der Waals surface area contributed by atoms with Crippen molar-refractivity contribution in [3.63, 3.8) is 0 Å². The van der Waals surface area contributed by atoms with Gasteiger partial charge in [-0.25, -0.2) is 15.0 Å². The van der Waals surface area contributed by atoms with Crippen LogP contribution in [0.5, 0.6) is 0 Å². The zero-order valence-electron chi connectivity index (χ0n) is 32.9. The lowest BCUT2D eigenvalue weighted by Gasteiger charge is -2.63. The van der Waals surface area contributed by atoms with Gasteiger partial charge in [0.05, 0.1) is 0 Å². The number of rotatable bonds is 7. The summed E-state index contributed by atoms with van der Waals surface area (Å²) in [7, 11) is 0. The van der Waals surface area contributed by atoms with Gasteiger partial charge in [-0.3, -0.25) is 0 Å². The molecule has 2 unspecified atom stereocenters. The Kier molecular flexibility index (Phi) is 7.85. The number of hydrogen-bond donors (Lipinski definition) is 0. The predicted molar refractivity (Wildman–Crippen MR) is 239 cm³/mol. The van der Waals surface area contributed by atoms with E-state index in [0.717, 1.165) is 45.3 Å². The number of aromatic nitrogens is 3. The van der Waals surface area contributed by atoms with E-state index < -0.39 is 0 Å². The van der Waals surface area contributed by atoms with Crippen LogP contribution in [0.2, 0.25) is 0 Å². The van der Waals surface area contributed by atoms with E-state index in [1.807, 2.05) is 42.5 Å². The van der Waals surface area contributed by atoms with Crippen molar-refractivity contribution in [2.45, 2.75) is 49.4 Å². The van der Waals surface area contributed by atoms with Crippen LogP contribution < -0.4 is 0 Å². The second-order valence-electron chi connectivity index (χ2n) is 17.6.